The molecule has 0 bridgehead atoms. The number of aromatic nitrogens is 3. The monoisotopic (exact) mass is 359 g/mol. The van der Waals surface area contributed by atoms with Gasteiger partial charge in [0.2, 0.25) is 0 Å². The van der Waals surface area contributed by atoms with E-state index in [4.69, 9.17) is 11.5 Å². The van der Waals surface area contributed by atoms with Crippen molar-refractivity contribution in [3.05, 3.63) is 28.7 Å². The lowest BCUT2D eigenvalue weighted by Crippen LogP contribution is -2.37. The Kier molecular flexibility index (Phi) is 3.87. The van der Waals surface area contributed by atoms with Crippen LogP contribution in [0.5, 0.6) is 0 Å². The van der Waals surface area contributed by atoms with Gasteiger partial charge in [-0.1, -0.05) is 12.8 Å². The number of carbonyl (C=O) groups is 2. The van der Waals surface area contributed by atoms with Crippen LogP contribution in [0.4, 0.5) is 5.00 Å². The van der Waals surface area contributed by atoms with Crippen molar-refractivity contribution in [1.29, 1.82) is 0 Å². The predicted octanol–water partition coefficient (Wildman–Crippen LogP) is 2.03. The van der Waals surface area contributed by atoms with Crippen molar-refractivity contribution < 1.29 is 9.59 Å². The van der Waals surface area contributed by atoms with Crippen LogP contribution in [0.3, 0.4) is 0 Å². The van der Waals surface area contributed by atoms with Crippen molar-refractivity contribution >= 4 is 28.0 Å². The second kappa shape index (κ2) is 5.94. The summed E-state index contributed by atoms with van der Waals surface area (Å²) < 4.78 is 1.77. The number of rotatable bonds is 6. The third kappa shape index (κ3) is 2.84. The zero-order chi connectivity index (χ0) is 17.6. The Morgan fingerprint density at radius 2 is 2.24 bits per heavy atom. The molecule has 1 atom stereocenters. The van der Waals surface area contributed by atoms with E-state index in [1.54, 1.807) is 11.0 Å². The number of nitrogens with two attached hydrogens (primary N) is 2. The Labute approximate surface area is 149 Å². The largest absolute Gasteiger partial charge is 0.390 e. The molecule has 2 aromatic heterocycles. The average Bonchev–Trinajstić information content (AvgIpc) is 3.09. The summed E-state index contributed by atoms with van der Waals surface area (Å²) in [7, 11) is 0. The van der Waals surface area contributed by atoms with Gasteiger partial charge in [0.25, 0.3) is 5.91 Å². The highest BCUT2D eigenvalue weighted by Gasteiger charge is 2.47. The molecule has 1 fully saturated rings. The molecule has 4 rings (SSSR count). The number of thiophene rings is 1. The van der Waals surface area contributed by atoms with Gasteiger partial charge in [-0.25, -0.2) is 4.98 Å². The number of amides is 1. The molecule has 1 unspecified atom stereocenters. The Morgan fingerprint density at radius 1 is 1.44 bits per heavy atom. The second-order valence-electron chi connectivity index (χ2n) is 7.18. The third-order valence-corrected chi connectivity index (χ3v) is 6.54. The topological polar surface area (TPSA) is 117 Å². The van der Waals surface area contributed by atoms with Gasteiger partial charge in [0, 0.05) is 12.0 Å². The van der Waals surface area contributed by atoms with Crippen LogP contribution in [0.15, 0.2) is 12.7 Å². The molecule has 2 heterocycles. The van der Waals surface area contributed by atoms with Crippen LogP contribution < -0.4 is 11.5 Å². The van der Waals surface area contributed by atoms with Crippen LogP contribution in [0, 0.1) is 11.3 Å². The highest BCUT2D eigenvalue weighted by Crippen LogP contribution is 2.51. The predicted molar refractivity (Wildman–Crippen MR) is 94.3 cm³/mol. The number of ketones is 1. The van der Waals surface area contributed by atoms with Crippen LogP contribution in [0.2, 0.25) is 0 Å². The van der Waals surface area contributed by atoms with E-state index in [1.807, 2.05) is 0 Å². The van der Waals surface area contributed by atoms with E-state index in [2.05, 4.69) is 10.1 Å². The Bertz CT molecular complexity index is 824. The molecule has 1 saturated carbocycles. The van der Waals surface area contributed by atoms with E-state index < -0.39 is 11.3 Å². The Balaban J connectivity index is 1.66. The fraction of sp³-hybridized carbons (Fsp3) is 0.529. The van der Waals surface area contributed by atoms with E-state index >= 15 is 0 Å². The summed E-state index contributed by atoms with van der Waals surface area (Å²) in [5.41, 5.74) is 12.2. The SMILES string of the molecule is NC(=O)c1c(N)sc2c1CCC(CCn1cncn1)(CC1CC1)C2=O. The molecule has 25 heavy (non-hydrogen) atoms. The molecule has 2 aromatic rings. The first-order chi connectivity index (χ1) is 12.0. The number of hydrogen-bond donors (Lipinski definition) is 2. The zero-order valence-electron chi connectivity index (χ0n) is 13.9. The van der Waals surface area contributed by atoms with Gasteiger partial charge in [0.1, 0.15) is 12.7 Å². The van der Waals surface area contributed by atoms with Crippen molar-refractivity contribution in [2.45, 2.75) is 45.1 Å². The van der Waals surface area contributed by atoms with Crippen molar-refractivity contribution in [3.8, 4) is 0 Å². The van der Waals surface area contributed by atoms with E-state index in [9.17, 15) is 9.59 Å². The molecule has 0 saturated heterocycles. The summed E-state index contributed by atoms with van der Waals surface area (Å²) >= 11 is 1.22. The van der Waals surface area contributed by atoms with Gasteiger partial charge in [0.15, 0.2) is 5.78 Å². The average molecular weight is 359 g/mol. The number of aryl methyl sites for hydroxylation is 1. The van der Waals surface area contributed by atoms with Gasteiger partial charge in [-0.2, -0.15) is 5.10 Å². The lowest BCUT2D eigenvalue weighted by molar-refractivity contribution is 0.0697. The number of primary amides is 1. The van der Waals surface area contributed by atoms with Crippen LogP contribution in [-0.2, 0) is 13.0 Å². The zero-order valence-corrected chi connectivity index (χ0v) is 14.7. The number of nitrogens with zero attached hydrogens (tertiary/aromatic N) is 3. The van der Waals surface area contributed by atoms with Crippen LogP contribution in [-0.4, -0.2) is 26.5 Å². The number of carbonyl (C=O) groups excluding carboxylic acids is 2. The molecular weight excluding hydrogens is 338 g/mol. The number of fused-ring (bicyclic) bond motifs is 1. The number of nitrogen functional groups attached to an aromatic ring is 1. The summed E-state index contributed by atoms with van der Waals surface area (Å²) in [5.74, 6) is 0.222. The minimum Gasteiger partial charge on any atom is -0.390 e. The van der Waals surface area contributed by atoms with Crippen molar-refractivity contribution in [1.82, 2.24) is 14.8 Å². The summed E-state index contributed by atoms with van der Waals surface area (Å²) in [6.07, 6.45) is 8.64. The first kappa shape index (κ1) is 16.3. The maximum atomic E-state index is 13.4. The molecule has 132 valence electrons. The summed E-state index contributed by atoms with van der Waals surface area (Å²) in [4.78, 5) is 29.7. The fourth-order valence-electron chi connectivity index (χ4n) is 3.98. The molecule has 2 aliphatic rings. The van der Waals surface area contributed by atoms with Crippen molar-refractivity contribution in [2.75, 3.05) is 5.73 Å². The van der Waals surface area contributed by atoms with Crippen LogP contribution in [0.25, 0.3) is 0 Å². The van der Waals surface area contributed by atoms with Crippen molar-refractivity contribution in [3.63, 3.8) is 0 Å². The van der Waals surface area contributed by atoms with Crippen LogP contribution >= 0.6 is 11.3 Å². The van der Waals surface area contributed by atoms with Crippen LogP contribution in [0.1, 0.15) is 57.7 Å². The summed E-state index contributed by atoms with van der Waals surface area (Å²) in [5, 5.41) is 4.52. The maximum Gasteiger partial charge on any atom is 0.251 e. The van der Waals surface area contributed by atoms with E-state index in [0.29, 0.717) is 34.3 Å². The summed E-state index contributed by atoms with van der Waals surface area (Å²) in [6, 6.07) is 0. The quantitative estimate of drug-likeness (QED) is 0.818. The highest BCUT2D eigenvalue weighted by molar-refractivity contribution is 7.18. The number of Topliss-reactive ketones (excluding diaryl/α,β-unsaturated/α-hetero) is 1. The molecule has 0 spiro atoms. The molecule has 0 radical (unpaired) electrons. The molecule has 1 amide bonds. The van der Waals surface area contributed by atoms with Gasteiger partial charge in [0.05, 0.1) is 15.4 Å². The van der Waals surface area contributed by atoms with E-state index in [0.717, 1.165) is 24.8 Å². The first-order valence-electron chi connectivity index (χ1n) is 8.58. The Hall–Kier alpha value is -2.22. The minimum absolute atomic E-state index is 0.130. The molecule has 4 N–H and O–H groups in total. The normalized spacial score (nSPS) is 22.8. The molecule has 2 aliphatic carbocycles. The lowest BCUT2D eigenvalue weighted by Gasteiger charge is -2.36. The van der Waals surface area contributed by atoms with Gasteiger partial charge >= 0.3 is 0 Å². The maximum absolute atomic E-state index is 13.4. The molecule has 0 aliphatic heterocycles. The van der Waals surface area contributed by atoms with Gasteiger partial charge < -0.3 is 11.5 Å². The fourth-order valence-corrected chi connectivity index (χ4v) is 5.16. The highest BCUT2D eigenvalue weighted by atomic mass is 32.1. The minimum atomic E-state index is -0.542. The summed E-state index contributed by atoms with van der Waals surface area (Å²) in [6.45, 7) is 0.664. The number of hydrogen-bond acceptors (Lipinski definition) is 6. The third-order valence-electron chi connectivity index (χ3n) is 5.48. The van der Waals surface area contributed by atoms with E-state index in [1.165, 1.54) is 30.5 Å². The second-order valence-corrected chi connectivity index (χ2v) is 8.23. The molecule has 8 heteroatoms. The molecular formula is C17H21N5O2S. The van der Waals surface area contributed by atoms with E-state index in [-0.39, 0.29) is 5.78 Å². The van der Waals surface area contributed by atoms with Gasteiger partial charge in [-0.05, 0) is 37.2 Å². The smallest absolute Gasteiger partial charge is 0.251 e. The molecule has 7 nitrogen and oxygen atoms in total. The lowest BCUT2D eigenvalue weighted by atomic mass is 9.67. The van der Waals surface area contributed by atoms with Gasteiger partial charge in [-0.3, -0.25) is 14.3 Å². The first-order valence-corrected chi connectivity index (χ1v) is 9.40. The van der Waals surface area contributed by atoms with Gasteiger partial charge in [-0.15, -0.1) is 11.3 Å². The Morgan fingerprint density at radius 3 is 2.88 bits per heavy atom. The number of anilines is 1. The van der Waals surface area contributed by atoms with Crippen molar-refractivity contribution in [2.24, 2.45) is 17.1 Å². The molecule has 0 aromatic carbocycles. The standard InChI is InChI=1S/C17H21N5O2S/c18-15(24)12-11-3-4-17(7-10-1-2-10,5-6-22-9-20-8-21-22)14(23)13(11)25-16(12)19/h8-10H,1-7,19H2,(H2,18,24).